The number of hydrogen-bond acceptors (Lipinski definition) is 3. The van der Waals surface area contributed by atoms with E-state index in [9.17, 15) is 0 Å². The molecule has 0 atom stereocenters. The van der Waals surface area contributed by atoms with E-state index in [0.717, 1.165) is 26.0 Å². The van der Waals surface area contributed by atoms with Crippen LogP contribution < -0.4 is 5.32 Å². The lowest BCUT2D eigenvalue weighted by molar-refractivity contribution is 1.15. The number of nitrogens with one attached hydrogen (secondary N) is 1. The number of rotatable bonds is 2. The Kier molecular flexibility index (Phi) is 3.56. The first-order chi connectivity index (χ1) is 7.66. The molecule has 0 unspecified atom stereocenters. The topological polar surface area (TPSA) is 37.8 Å². The molecule has 0 bridgehead atoms. The van der Waals surface area contributed by atoms with Gasteiger partial charge in [0.2, 0.25) is 0 Å². The van der Waals surface area contributed by atoms with Gasteiger partial charge in [-0.05, 0) is 40.5 Å². The molecule has 2 rings (SSSR count). The van der Waals surface area contributed by atoms with E-state index >= 15 is 0 Å². The molecule has 0 amide bonds. The molecule has 0 aliphatic rings. The lowest BCUT2D eigenvalue weighted by Gasteiger charge is -2.10. The van der Waals surface area contributed by atoms with E-state index in [2.05, 4.69) is 47.1 Å². The molecular formula is C11H9Br2N3. The summed E-state index contributed by atoms with van der Waals surface area (Å²) in [4.78, 5) is 8.08. The van der Waals surface area contributed by atoms with Gasteiger partial charge in [-0.1, -0.05) is 22.0 Å². The summed E-state index contributed by atoms with van der Waals surface area (Å²) in [5.74, 6) is 0.760. The fraction of sp³-hybridized carbons (Fsp3) is 0.0909. The highest BCUT2D eigenvalue weighted by molar-refractivity contribution is 9.10. The highest BCUT2D eigenvalue weighted by Gasteiger charge is 2.04. The van der Waals surface area contributed by atoms with Gasteiger partial charge in [0.1, 0.15) is 12.1 Å². The van der Waals surface area contributed by atoms with Gasteiger partial charge in [-0.25, -0.2) is 9.97 Å². The number of aromatic nitrogens is 2. The van der Waals surface area contributed by atoms with Gasteiger partial charge in [-0.3, -0.25) is 0 Å². The van der Waals surface area contributed by atoms with E-state index in [4.69, 9.17) is 0 Å². The average Bonchev–Trinajstić information content (AvgIpc) is 2.27. The average molecular weight is 343 g/mol. The molecule has 0 radical (unpaired) electrons. The zero-order valence-electron chi connectivity index (χ0n) is 8.54. The maximum absolute atomic E-state index is 4.16. The molecule has 0 aliphatic heterocycles. The summed E-state index contributed by atoms with van der Waals surface area (Å²) in [7, 11) is 0. The second-order valence-corrected chi connectivity index (χ2v) is 5.07. The van der Waals surface area contributed by atoms with Crippen molar-refractivity contribution in [2.24, 2.45) is 0 Å². The SMILES string of the molecule is Cc1ccc(Br)cc1Nc1ncncc1Br. The molecule has 1 N–H and O–H groups in total. The van der Waals surface area contributed by atoms with Crippen LogP contribution in [0.3, 0.4) is 0 Å². The van der Waals surface area contributed by atoms with Crippen molar-refractivity contribution in [1.29, 1.82) is 0 Å². The van der Waals surface area contributed by atoms with Gasteiger partial charge in [0, 0.05) is 16.4 Å². The van der Waals surface area contributed by atoms with Gasteiger partial charge in [-0.2, -0.15) is 0 Å². The number of aryl methyl sites for hydroxylation is 1. The Hall–Kier alpha value is -0.940. The van der Waals surface area contributed by atoms with E-state index in [-0.39, 0.29) is 0 Å². The van der Waals surface area contributed by atoms with E-state index in [1.54, 1.807) is 6.20 Å². The molecule has 3 nitrogen and oxygen atoms in total. The second kappa shape index (κ2) is 4.93. The molecule has 82 valence electrons. The number of benzene rings is 1. The molecule has 0 saturated heterocycles. The summed E-state index contributed by atoms with van der Waals surface area (Å²) >= 11 is 6.84. The smallest absolute Gasteiger partial charge is 0.148 e. The van der Waals surface area contributed by atoms with Crippen LogP contribution in [0.4, 0.5) is 11.5 Å². The van der Waals surface area contributed by atoms with Crippen molar-refractivity contribution >= 4 is 43.4 Å². The molecule has 16 heavy (non-hydrogen) atoms. The highest BCUT2D eigenvalue weighted by atomic mass is 79.9. The Balaban J connectivity index is 2.34. The summed E-state index contributed by atoms with van der Waals surface area (Å²) in [5.41, 5.74) is 2.18. The van der Waals surface area contributed by atoms with Gasteiger partial charge in [0.25, 0.3) is 0 Å². The van der Waals surface area contributed by atoms with Gasteiger partial charge in [0.15, 0.2) is 0 Å². The Morgan fingerprint density at radius 3 is 2.81 bits per heavy atom. The van der Waals surface area contributed by atoms with Crippen LogP contribution in [-0.2, 0) is 0 Å². The minimum atomic E-state index is 0.760. The van der Waals surface area contributed by atoms with Gasteiger partial charge in [-0.15, -0.1) is 0 Å². The van der Waals surface area contributed by atoms with Crippen molar-refractivity contribution in [1.82, 2.24) is 9.97 Å². The standard InChI is InChI=1S/C11H9Br2N3/c1-7-2-3-8(12)4-10(7)16-11-9(13)5-14-6-15-11/h2-6H,1H3,(H,14,15,16). The lowest BCUT2D eigenvalue weighted by atomic mass is 10.2. The maximum Gasteiger partial charge on any atom is 0.148 e. The molecule has 0 spiro atoms. The fourth-order valence-corrected chi connectivity index (χ4v) is 1.94. The first kappa shape index (κ1) is 11.5. The zero-order valence-corrected chi connectivity index (χ0v) is 11.7. The first-order valence-electron chi connectivity index (χ1n) is 4.65. The van der Waals surface area contributed by atoms with Crippen LogP contribution in [0, 0.1) is 6.92 Å². The highest BCUT2D eigenvalue weighted by Crippen LogP contribution is 2.26. The molecule has 2 aromatic rings. The number of hydrogen-bond donors (Lipinski definition) is 1. The van der Waals surface area contributed by atoms with Crippen LogP contribution in [0.2, 0.25) is 0 Å². The molecule has 5 heteroatoms. The number of anilines is 2. The summed E-state index contributed by atoms with van der Waals surface area (Å²) in [6.07, 6.45) is 3.23. The van der Waals surface area contributed by atoms with Crippen molar-refractivity contribution in [2.75, 3.05) is 5.32 Å². The first-order valence-corrected chi connectivity index (χ1v) is 6.24. The summed E-state index contributed by atoms with van der Waals surface area (Å²) < 4.78 is 1.88. The third-order valence-corrected chi connectivity index (χ3v) is 3.19. The predicted molar refractivity (Wildman–Crippen MR) is 71.9 cm³/mol. The molecule has 0 fully saturated rings. The van der Waals surface area contributed by atoms with E-state index in [1.165, 1.54) is 6.33 Å². The predicted octanol–water partition coefficient (Wildman–Crippen LogP) is 4.05. The molecule has 0 aliphatic carbocycles. The Labute approximate surface area is 111 Å². The van der Waals surface area contributed by atoms with Crippen molar-refractivity contribution in [2.45, 2.75) is 6.92 Å². The van der Waals surface area contributed by atoms with E-state index in [0.29, 0.717) is 0 Å². The quantitative estimate of drug-likeness (QED) is 0.894. The molecule has 1 aromatic heterocycles. The second-order valence-electron chi connectivity index (χ2n) is 3.30. The zero-order chi connectivity index (χ0) is 11.5. The van der Waals surface area contributed by atoms with Crippen molar-refractivity contribution in [3.05, 3.63) is 45.2 Å². The maximum atomic E-state index is 4.16. The Bertz CT molecular complexity index is 514. The van der Waals surface area contributed by atoms with Crippen LogP contribution in [0.1, 0.15) is 5.56 Å². The third kappa shape index (κ3) is 2.59. The van der Waals surface area contributed by atoms with Crippen LogP contribution >= 0.6 is 31.9 Å². The van der Waals surface area contributed by atoms with Crippen LogP contribution in [0.15, 0.2) is 39.7 Å². The largest absolute Gasteiger partial charge is 0.339 e. The minimum absolute atomic E-state index is 0.760. The van der Waals surface area contributed by atoms with Crippen molar-refractivity contribution < 1.29 is 0 Å². The number of nitrogens with zero attached hydrogens (tertiary/aromatic N) is 2. The Morgan fingerprint density at radius 2 is 2.06 bits per heavy atom. The monoisotopic (exact) mass is 341 g/mol. The molecule has 0 saturated carbocycles. The molecular weight excluding hydrogens is 334 g/mol. The van der Waals surface area contributed by atoms with Gasteiger partial charge < -0.3 is 5.32 Å². The van der Waals surface area contributed by atoms with E-state index < -0.39 is 0 Å². The third-order valence-electron chi connectivity index (χ3n) is 2.12. The number of halogens is 2. The summed E-state index contributed by atoms with van der Waals surface area (Å²) in [6, 6.07) is 6.07. The van der Waals surface area contributed by atoms with Gasteiger partial charge in [0.05, 0.1) is 4.47 Å². The van der Waals surface area contributed by atoms with Crippen LogP contribution in [0.25, 0.3) is 0 Å². The lowest BCUT2D eigenvalue weighted by Crippen LogP contribution is -1.97. The minimum Gasteiger partial charge on any atom is -0.339 e. The summed E-state index contributed by atoms with van der Waals surface area (Å²) in [6.45, 7) is 2.05. The molecule has 1 heterocycles. The molecule has 1 aromatic carbocycles. The van der Waals surface area contributed by atoms with Gasteiger partial charge >= 0.3 is 0 Å². The van der Waals surface area contributed by atoms with Crippen LogP contribution in [-0.4, -0.2) is 9.97 Å². The van der Waals surface area contributed by atoms with E-state index in [1.807, 2.05) is 25.1 Å². The summed E-state index contributed by atoms with van der Waals surface area (Å²) in [5, 5.41) is 3.25. The van der Waals surface area contributed by atoms with Crippen molar-refractivity contribution in [3.8, 4) is 0 Å². The van der Waals surface area contributed by atoms with Crippen molar-refractivity contribution in [3.63, 3.8) is 0 Å². The fourth-order valence-electron chi connectivity index (χ4n) is 1.26. The normalized spacial score (nSPS) is 10.2. The van der Waals surface area contributed by atoms with Crippen LogP contribution in [0.5, 0.6) is 0 Å². The Morgan fingerprint density at radius 1 is 1.25 bits per heavy atom.